The van der Waals surface area contributed by atoms with Gasteiger partial charge in [-0.25, -0.2) is 4.98 Å². The predicted octanol–water partition coefficient (Wildman–Crippen LogP) is 5.68. The first-order valence-electron chi connectivity index (χ1n) is 10.6. The number of aromatic amines is 1. The molecule has 1 saturated carbocycles. The van der Waals surface area contributed by atoms with Crippen LogP contribution in [0.4, 0.5) is 0 Å². The molecule has 1 aromatic carbocycles. The van der Waals surface area contributed by atoms with Crippen molar-refractivity contribution in [2.75, 3.05) is 7.05 Å². The number of fused-ring (bicyclic) bond motifs is 1. The first kappa shape index (κ1) is 19.1. The molecule has 1 fully saturated rings. The molecule has 154 valence electrons. The number of aromatic nitrogens is 3. The van der Waals surface area contributed by atoms with Gasteiger partial charge in [0.15, 0.2) is 0 Å². The van der Waals surface area contributed by atoms with Crippen molar-refractivity contribution in [3.05, 3.63) is 53.3 Å². The summed E-state index contributed by atoms with van der Waals surface area (Å²) in [6.45, 7) is 0. The predicted molar refractivity (Wildman–Crippen MR) is 126 cm³/mol. The van der Waals surface area contributed by atoms with E-state index in [1.807, 2.05) is 0 Å². The lowest BCUT2D eigenvalue weighted by Gasteiger charge is -2.21. The Bertz CT molecular complexity index is 1210. The van der Waals surface area contributed by atoms with Crippen LogP contribution in [-0.4, -0.2) is 27.4 Å². The molecule has 1 aliphatic rings. The van der Waals surface area contributed by atoms with Gasteiger partial charge in [-0.2, -0.15) is 0 Å². The number of nitrogens with two attached hydrogens (primary N) is 1. The van der Waals surface area contributed by atoms with E-state index in [-0.39, 0.29) is 0 Å². The molecule has 3 heterocycles. The van der Waals surface area contributed by atoms with Crippen LogP contribution in [0.1, 0.15) is 49.5 Å². The highest BCUT2D eigenvalue weighted by Crippen LogP contribution is 2.37. The minimum Gasteiger partial charge on any atom is -0.382 e. The third kappa shape index (κ3) is 3.16. The van der Waals surface area contributed by atoms with Crippen LogP contribution >= 0.6 is 11.3 Å². The molecule has 0 saturated heterocycles. The quantitative estimate of drug-likeness (QED) is 0.331. The molecule has 5 rings (SSSR count). The number of aliphatic imine (C=N–C) groups is 1. The summed E-state index contributed by atoms with van der Waals surface area (Å²) in [6, 6.07) is 12.9. The summed E-state index contributed by atoms with van der Waals surface area (Å²) in [5.74, 6) is 2.15. The summed E-state index contributed by atoms with van der Waals surface area (Å²) in [6.07, 6.45) is 6.27. The molecule has 4 aromatic rings. The van der Waals surface area contributed by atoms with Crippen molar-refractivity contribution in [2.45, 2.75) is 38.0 Å². The Morgan fingerprint density at radius 1 is 1.20 bits per heavy atom. The van der Waals surface area contributed by atoms with E-state index in [0.717, 1.165) is 28.4 Å². The lowest BCUT2D eigenvalue weighted by Crippen LogP contribution is -2.19. The van der Waals surface area contributed by atoms with Gasteiger partial charge < -0.3 is 15.3 Å². The van der Waals surface area contributed by atoms with Gasteiger partial charge in [0.1, 0.15) is 23.0 Å². The van der Waals surface area contributed by atoms with Gasteiger partial charge in [0, 0.05) is 35.8 Å². The van der Waals surface area contributed by atoms with Crippen molar-refractivity contribution in [3.8, 4) is 21.8 Å². The highest BCUT2D eigenvalue weighted by molar-refractivity contribution is 7.13. The molecule has 0 unspecified atom stereocenters. The van der Waals surface area contributed by atoms with E-state index < -0.39 is 0 Å². The fourth-order valence-corrected chi connectivity index (χ4v) is 5.51. The van der Waals surface area contributed by atoms with Crippen LogP contribution in [0.3, 0.4) is 0 Å². The SMILES string of the molecule is CN=C(N)c1c(-c2cc3cccc(-c4cccs4)c3[nH]2)nc(C2CCCCC2)n1C. The average Bonchev–Trinajstić information content (AvgIpc) is 3.51. The fraction of sp³-hybridized carbons (Fsp3) is 0.333. The van der Waals surface area contributed by atoms with Crippen molar-refractivity contribution in [2.24, 2.45) is 17.8 Å². The van der Waals surface area contributed by atoms with Gasteiger partial charge in [-0.1, -0.05) is 43.5 Å². The molecule has 5 nitrogen and oxygen atoms in total. The molecule has 30 heavy (non-hydrogen) atoms. The van der Waals surface area contributed by atoms with Crippen LogP contribution in [0, 0.1) is 0 Å². The van der Waals surface area contributed by atoms with Gasteiger partial charge in [0.2, 0.25) is 0 Å². The van der Waals surface area contributed by atoms with E-state index in [2.05, 4.69) is 63.4 Å². The molecule has 6 heteroatoms. The van der Waals surface area contributed by atoms with Crippen molar-refractivity contribution < 1.29 is 0 Å². The Hall–Kier alpha value is -2.86. The van der Waals surface area contributed by atoms with E-state index in [1.165, 1.54) is 47.9 Å². The van der Waals surface area contributed by atoms with Crippen LogP contribution in [0.25, 0.3) is 32.7 Å². The number of H-pyrrole nitrogens is 1. The number of nitrogens with zero attached hydrogens (tertiary/aromatic N) is 3. The number of hydrogen-bond acceptors (Lipinski definition) is 3. The van der Waals surface area contributed by atoms with Gasteiger partial charge in [-0.05, 0) is 30.4 Å². The molecule has 3 N–H and O–H groups in total. The monoisotopic (exact) mass is 417 g/mol. The Labute approximate surface area is 180 Å². The maximum Gasteiger partial charge on any atom is 0.144 e. The number of rotatable bonds is 4. The maximum atomic E-state index is 6.35. The fourth-order valence-electron chi connectivity index (χ4n) is 4.75. The Morgan fingerprint density at radius 3 is 2.77 bits per heavy atom. The van der Waals surface area contributed by atoms with Crippen molar-refractivity contribution >= 4 is 28.1 Å². The van der Waals surface area contributed by atoms with Crippen molar-refractivity contribution in [1.82, 2.24) is 14.5 Å². The van der Waals surface area contributed by atoms with Gasteiger partial charge >= 0.3 is 0 Å². The first-order chi connectivity index (χ1) is 14.7. The largest absolute Gasteiger partial charge is 0.382 e. The van der Waals surface area contributed by atoms with Crippen molar-refractivity contribution in [3.63, 3.8) is 0 Å². The molecule has 0 spiro atoms. The Morgan fingerprint density at radius 2 is 2.03 bits per heavy atom. The standard InChI is InChI=1S/C24H27N5S/c1-26-23(25)22-21(28-24(29(22)2)15-8-4-3-5-9-15)18-14-16-10-6-11-17(20(16)27-18)19-12-7-13-30-19/h6-7,10-15,27H,3-5,8-9H2,1-2H3,(H2,25,26). The van der Waals surface area contributed by atoms with Gasteiger partial charge in [0.05, 0.1) is 11.2 Å². The summed E-state index contributed by atoms with van der Waals surface area (Å²) < 4.78 is 2.17. The lowest BCUT2D eigenvalue weighted by atomic mass is 9.89. The van der Waals surface area contributed by atoms with E-state index in [1.54, 1.807) is 18.4 Å². The third-order valence-electron chi connectivity index (χ3n) is 6.28. The zero-order valence-corrected chi connectivity index (χ0v) is 18.3. The minimum atomic E-state index is 0.493. The van der Waals surface area contributed by atoms with E-state index in [4.69, 9.17) is 10.7 Å². The van der Waals surface area contributed by atoms with E-state index in [9.17, 15) is 0 Å². The van der Waals surface area contributed by atoms with Crippen LogP contribution in [0.15, 0.2) is 46.8 Å². The molecule has 1 aliphatic carbocycles. The summed E-state index contributed by atoms with van der Waals surface area (Å²) in [5, 5.41) is 3.29. The molecule has 0 aliphatic heterocycles. The van der Waals surface area contributed by atoms with Crippen LogP contribution in [-0.2, 0) is 7.05 Å². The first-order valence-corrected chi connectivity index (χ1v) is 11.5. The number of thiophene rings is 1. The van der Waals surface area contributed by atoms with Crippen LogP contribution in [0.5, 0.6) is 0 Å². The number of amidine groups is 1. The van der Waals surface area contributed by atoms with Gasteiger partial charge in [-0.15, -0.1) is 11.3 Å². The molecular formula is C24H27N5S. The van der Waals surface area contributed by atoms with E-state index >= 15 is 0 Å². The maximum absolute atomic E-state index is 6.35. The number of hydrogen-bond donors (Lipinski definition) is 2. The van der Waals surface area contributed by atoms with Crippen molar-refractivity contribution in [1.29, 1.82) is 0 Å². The summed E-state index contributed by atoms with van der Waals surface area (Å²) >= 11 is 1.75. The molecule has 0 atom stereocenters. The number of benzene rings is 1. The van der Waals surface area contributed by atoms with Gasteiger partial charge in [0.25, 0.3) is 0 Å². The zero-order chi connectivity index (χ0) is 20.7. The lowest BCUT2D eigenvalue weighted by molar-refractivity contribution is 0.421. The zero-order valence-electron chi connectivity index (χ0n) is 17.5. The minimum absolute atomic E-state index is 0.493. The third-order valence-corrected chi connectivity index (χ3v) is 7.18. The Kier molecular flexibility index (Phi) is 4.95. The summed E-state index contributed by atoms with van der Waals surface area (Å²) in [4.78, 5) is 14.3. The number of nitrogens with one attached hydrogen (secondary N) is 1. The molecule has 0 radical (unpaired) electrons. The number of para-hydroxylation sites is 1. The van der Waals surface area contributed by atoms with Crippen LogP contribution in [0.2, 0.25) is 0 Å². The molecule has 3 aromatic heterocycles. The smallest absolute Gasteiger partial charge is 0.144 e. The molecule has 0 bridgehead atoms. The van der Waals surface area contributed by atoms with E-state index in [0.29, 0.717) is 11.8 Å². The second kappa shape index (κ2) is 7.76. The summed E-state index contributed by atoms with van der Waals surface area (Å²) in [7, 11) is 3.82. The van der Waals surface area contributed by atoms with Crippen LogP contribution < -0.4 is 5.73 Å². The Balaban J connectivity index is 1.68. The number of imidazole rings is 1. The second-order valence-corrected chi connectivity index (χ2v) is 9.05. The normalized spacial score (nSPS) is 15.9. The van der Waals surface area contributed by atoms with Gasteiger partial charge in [-0.3, -0.25) is 4.99 Å². The second-order valence-electron chi connectivity index (χ2n) is 8.10. The molecule has 0 amide bonds. The topological polar surface area (TPSA) is 72.0 Å². The summed E-state index contributed by atoms with van der Waals surface area (Å²) in [5.41, 5.74) is 11.5. The highest BCUT2D eigenvalue weighted by Gasteiger charge is 2.26. The molecular weight excluding hydrogens is 390 g/mol. The highest BCUT2D eigenvalue weighted by atomic mass is 32.1. The average molecular weight is 418 g/mol.